The second kappa shape index (κ2) is 5.27. The molecule has 0 aliphatic rings. The van der Waals surface area contributed by atoms with Gasteiger partial charge in [0.15, 0.2) is 11.6 Å². The molecule has 0 aromatic carbocycles. The molecule has 9 nitrogen and oxygen atoms in total. The van der Waals surface area contributed by atoms with E-state index in [0.29, 0.717) is 17.6 Å². The molecular formula is C11H17N7O2. The van der Waals surface area contributed by atoms with Gasteiger partial charge in [-0.05, 0) is 0 Å². The highest BCUT2D eigenvalue weighted by atomic mass is 16.5. The molecule has 2 heterocycles. The average Bonchev–Trinajstić information content (AvgIpc) is 2.70. The fraction of sp³-hybridized carbons (Fsp3) is 0.545. The molecule has 0 atom stereocenters. The van der Waals surface area contributed by atoms with Crippen molar-refractivity contribution in [3.05, 3.63) is 22.2 Å². The van der Waals surface area contributed by atoms with E-state index in [4.69, 9.17) is 5.73 Å². The summed E-state index contributed by atoms with van der Waals surface area (Å²) in [6.45, 7) is 3.98. The smallest absolute Gasteiger partial charge is 0.368 e. The van der Waals surface area contributed by atoms with Gasteiger partial charge in [-0.3, -0.25) is 9.09 Å². The summed E-state index contributed by atoms with van der Waals surface area (Å²) in [6, 6.07) is 0. The van der Waals surface area contributed by atoms with E-state index in [1.807, 2.05) is 13.8 Å². The van der Waals surface area contributed by atoms with Crippen LogP contribution in [0.2, 0.25) is 0 Å². The number of hydrogen-bond donors (Lipinski definition) is 1. The first kappa shape index (κ1) is 14.0. The average molecular weight is 279 g/mol. The fourth-order valence-electron chi connectivity index (χ4n) is 1.68. The predicted octanol–water partition coefficient (Wildman–Crippen LogP) is -0.159. The zero-order valence-electron chi connectivity index (χ0n) is 11.9. The van der Waals surface area contributed by atoms with Crippen molar-refractivity contribution in [3.63, 3.8) is 0 Å². The quantitative estimate of drug-likeness (QED) is 0.820. The molecule has 2 aromatic rings. The van der Waals surface area contributed by atoms with E-state index < -0.39 is 5.76 Å². The summed E-state index contributed by atoms with van der Waals surface area (Å²) < 4.78 is 6.07. The molecule has 0 saturated heterocycles. The van der Waals surface area contributed by atoms with Gasteiger partial charge in [0, 0.05) is 20.0 Å². The van der Waals surface area contributed by atoms with Crippen molar-refractivity contribution in [2.75, 3.05) is 24.7 Å². The van der Waals surface area contributed by atoms with Crippen molar-refractivity contribution in [2.24, 2.45) is 0 Å². The zero-order chi connectivity index (χ0) is 14.9. The van der Waals surface area contributed by atoms with Gasteiger partial charge in [-0.25, -0.2) is 4.79 Å². The number of nitrogen functional groups attached to an aromatic ring is 1. The van der Waals surface area contributed by atoms with Crippen LogP contribution in [0.4, 0.5) is 11.9 Å². The third kappa shape index (κ3) is 2.76. The van der Waals surface area contributed by atoms with Crippen LogP contribution in [-0.2, 0) is 6.54 Å². The molecule has 0 amide bonds. The van der Waals surface area contributed by atoms with Gasteiger partial charge in [0.1, 0.15) is 0 Å². The lowest BCUT2D eigenvalue weighted by Crippen LogP contribution is -2.22. The highest BCUT2D eigenvalue weighted by Crippen LogP contribution is 2.12. The lowest BCUT2D eigenvalue weighted by molar-refractivity contribution is 0.373. The first-order valence-corrected chi connectivity index (χ1v) is 6.12. The van der Waals surface area contributed by atoms with Crippen molar-refractivity contribution in [1.82, 2.24) is 24.7 Å². The minimum absolute atomic E-state index is 0.0500. The first-order chi connectivity index (χ1) is 9.38. The maximum atomic E-state index is 11.7. The van der Waals surface area contributed by atoms with E-state index in [2.05, 4.69) is 24.6 Å². The molecule has 0 unspecified atom stereocenters. The molecule has 9 heteroatoms. The van der Waals surface area contributed by atoms with Crippen LogP contribution in [-0.4, -0.2) is 38.8 Å². The Morgan fingerprint density at radius 3 is 2.60 bits per heavy atom. The second-order valence-corrected chi connectivity index (χ2v) is 4.85. The zero-order valence-corrected chi connectivity index (χ0v) is 11.9. The van der Waals surface area contributed by atoms with Crippen molar-refractivity contribution < 1.29 is 4.52 Å². The number of aromatic nitrogens is 5. The van der Waals surface area contributed by atoms with E-state index >= 15 is 0 Å². The molecule has 20 heavy (non-hydrogen) atoms. The topological polar surface area (TPSA) is 116 Å². The van der Waals surface area contributed by atoms with Crippen molar-refractivity contribution >= 4 is 11.9 Å². The van der Waals surface area contributed by atoms with Gasteiger partial charge in [0.2, 0.25) is 11.9 Å². The minimum Gasteiger partial charge on any atom is -0.368 e. The number of nitrogens with zero attached hydrogens (tertiary/aromatic N) is 6. The summed E-state index contributed by atoms with van der Waals surface area (Å²) >= 11 is 0. The summed E-state index contributed by atoms with van der Waals surface area (Å²) in [5.41, 5.74) is 5.65. The van der Waals surface area contributed by atoms with Gasteiger partial charge in [-0.1, -0.05) is 19.0 Å². The largest absolute Gasteiger partial charge is 0.442 e. The Kier molecular flexibility index (Phi) is 3.68. The lowest BCUT2D eigenvalue weighted by atomic mass is 10.2. The first-order valence-electron chi connectivity index (χ1n) is 6.12. The minimum atomic E-state index is -0.543. The van der Waals surface area contributed by atoms with Gasteiger partial charge in [-0.15, -0.1) is 0 Å². The Balaban J connectivity index is 2.40. The molecule has 0 fully saturated rings. The number of nitrogens with two attached hydrogens (primary N) is 1. The Bertz CT molecular complexity index is 659. The predicted molar refractivity (Wildman–Crippen MR) is 72.5 cm³/mol. The molecule has 2 N–H and O–H groups in total. The van der Waals surface area contributed by atoms with Crippen molar-refractivity contribution in [3.8, 4) is 0 Å². The van der Waals surface area contributed by atoms with Gasteiger partial charge < -0.3 is 10.6 Å². The third-order valence-corrected chi connectivity index (χ3v) is 2.62. The van der Waals surface area contributed by atoms with Crippen LogP contribution in [0.15, 0.2) is 9.32 Å². The maximum Gasteiger partial charge on any atom is 0.442 e. The van der Waals surface area contributed by atoms with E-state index in [0.717, 1.165) is 0 Å². The summed E-state index contributed by atoms with van der Waals surface area (Å²) in [7, 11) is 3.59. The van der Waals surface area contributed by atoms with Crippen molar-refractivity contribution in [2.45, 2.75) is 26.3 Å². The third-order valence-electron chi connectivity index (χ3n) is 2.62. The van der Waals surface area contributed by atoms with Crippen LogP contribution in [0.5, 0.6) is 0 Å². The normalized spacial score (nSPS) is 11.1. The van der Waals surface area contributed by atoms with Crippen molar-refractivity contribution in [1.29, 1.82) is 0 Å². The monoisotopic (exact) mass is 279 g/mol. The van der Waals surface area contributed by atoms with Gasteiger partial charge in [0.05, 0.1) is 6.54 Å². The Hall–Kier alpha value is -2.45. The molecule has 2 rings (SSSR count). The molecule has 0 radical (unpaired) electrons. The molecule has 0 spiro atoms. The number of hydrogen-bond acceptors (Lipinski definition) is 8. The molecule has 0 aliphatic carbocycles. The van der Waals surface area contributed by atoms with Gasteiger partial charge in [-0.2, -0.15) is 15.0 Å². The standard InChI is InChI=1S/C11H17N7O2/c1-6(2)8-16-20-11(19)18(8)5-7-13-9(12)15-10(14-7)17(3)4/h6H,5H2,1-4H3,(H2,12,13,14,15). The molecular weight excluding hydrogens is 262 g/mol. The SMILES string of the molecule is CC(C)c1noc(=O)n1Cc1nc(N)nc(N(C)C)n1. The molecule has 108 valence electrons. The summed E-state index contributed by atoms with van der Waals surface area (Å²) in [4.78, 5) is 25.7. The maximum absolute atomic E-state index is 11.7. The van der Waals surface area contributed by atoms with Crippen LogP contribution < -0.4 is 16.4 Å². The van der Waals surface area contributed by atoms with E-state index in [1.165, 1.54) is 4.57 Å². The van der Waals surface area contributed by atoms with E-state index in [1.54, 1.807) is 19.0 Å². The summed E-state index contributed by atoms with van der Waals surface area (Å²) in [5.74, 6) is 0.972. The fourth-order valence-corrected chi connectivity index (χ4v) is 1.68. The van der Waals surface area contributed by atoms with Crippen LogP contribution in [0.25, 0.3) is 0 Å². The second-order valence-electron chi connectivity index (χ2n) is 4.85. The molecule has 0 saturated carbocycles. The Labute approximate surface area is 115 Å². The highest BCUT2D eigenvalue weighted by molar-refractivity contribution is 5.32. The van der Waals surface area contributed by atoms with Crippen LogP contribution in [0.3, 0.4) is 0 Å². The lowest BCUT2D eigenvalue weighted by Gasteiger charge is -2.12. The number of anilines is 2. The highest BCUT2D eigenvalue weighted by Gasteiger charge is 2.16. The molecule has 2 aromatic heterocycles. The Morgan fingerprint density at radius 2 is 2.00 bits per heavy atom. The van der Waals surface area contributed by atoms with Crippen LogP contribution in [0, 0.1) is 0 Å². The summed E-state index contributed by atoms with van der Waals surface area (Å²) in [5, 5.41) is 3.75. The molecule has 0 bridgehead atoms. The number of rotatable bonds is 4. The van der Waals surface area contributed by atoms with E-state index in [9.17, 15) is 4.79 Å². The van der Waals surface area contributed by atoms with Gasteiger partial charge in [0.25, 0.3) is 0 Å². The van der Waals surface area contributed by atoms with E-state index in [-0.39, 0.29) is 18.4 Å². The summed E-state index contributed by atoms with van der Waals surface area (Å²) in [6.07, 6.45) is 0. The molecule has 0 aliphatic heterocycles. The van der Waals surface area contributed by atoms with Crippen LogP contribution >= 0.6 is 0 Å². The Morgan fingerprint density at radius 1 is 1.30 bits per heavy atom. The van der Waals surface area contributed by atoms with Gasteiger partial charge >= 0.3 is 5.76 Å². The van der Waals surface area contributed by atoms with Crippen LogP contribution in [0.1, 0.15) is 31.4 Å².